The summed E-state index contributed by atoms with van der Waals surface area (Å²) in [5.74, 6) is -0.960. The maximum absolute atomic E-state index is 12.5. The van der Waals surface area contributed by atoms with E-state index in [1.165, 1.54) is 23.9 Å². The van der Waals surface area contributed by atoms with E-state index in [2.05, 4.69) is 10.6 Å². The summed E-state index contributed by atoms with van der Waals surface area (Å²) < 4.78 is 5.09. The maximum Gasteiger partial charge on any atom is 0.336 e. The zero-order valence-electron chi connectivity index (χ0n) is 16.6. The summed E-state index contributed by atoms with van der Waals surface area (Å²) in [6.07, 6.45) is 0. The van der Waals surface area contributed by atoms with Crippen LogP contribution in [0.2, 0.25) is 0 Å². The second kappa shape index (κ2) is 10.3. The number of carbonyl (C=O) groups is 3. The predicted molar refractivity (Wildman–Crippen MR) is 120 cm³/mol. The SMILES string of the molecule is COc1ccc(NC(=O)CSc2cccc(NC(=O)c3ccccc3C(=O)O)c2)cc1. The first-order valence-corrected chi connectivity index (χ1v) is 10.3. The number of carbonyl (C=O) groups excluding carboxylic acids is 2. The molecular formula is C23H20N2O5S. The smallest absolute Gasteiger partial charge is 0.336 e. The average molecular weight is 436 g/mol. The van der Waals surface area contributed by atoms with Crippen molar-refractivity contribution in [2.24, 2.45) is 0 Å². The van der Waals surface area contributed by atoms with Crippen molar-refractivity contribution in [3.8, 4) is 5.75 Å². The van der Waals surface area contributed by atoms with Crippen LogP contribution in [-0.4, -0.2) is 35.8 Å². The third-order valence-electron chi connectivity index (χ3n) is 4.24. The fraction of sp³-hybridized carbons (Fsp3) is 0.0870. The zero-order chi connectivity index (χ0) is 22.2. The highest BCUT2D eigenvalue weighted by molar-refractivity contribution is 8.00. The topological polar surface area (TPSA) is 105 Å². The highest BCUT2D eigenvalue weighted by Crippen LogP contribution is 2.23. The molecule has 3 aromatic carbocycles. The number of carboxylic acids is 1. The van der Waals surface area contributed by atoms with Gasteiger partial charge in [0.25, 0.3) is 5.91 Å². The van der Waals surface area contributed by atoms with Gasteiger partial charge in [0.1, 0.15) is 5.75 Å². The first-order chi connectivity index (χ1) is 15.0. The van der Waals surface area contributed by atoms with E-state index >= 15 is 0 Å². The van der Waals surface area contributed by atoms with Gasteiger partial charge in [-0.15, -0.1) is 11.8 Å². The number of aromatic carboxylic acids is 1. The van der Waals surface area contributed by atoms with Crippen molar-refractivity contribution in [1.82, 2.24) is 0 Å². The highest BCUT2D eigenvalue weighted by atomic mass is 32.2. The molecule has 31 heavy (non-hydrogen) atoms. The van der Waals surface area contributed by atoms with Crippen molar-refractivity contribution in [3.63, 3.8) is 0 Å². The van der Waals surface area contributed by atoms with E-state index in [-0.39, 0.29) is 22.8 Å². The molecular weight excluding hydrogens is 416 g/mol. The summed E-state index contributed by atoms with van der Waals surface area (Å²) in [6.45, 7) is 0. The van der Waals surface area contributed by atoms with E-state index in [1.54, 1.807) is 61.7 Å². The molecule has 158 valence electrons. The molecule has 0 bridgehead atoms. The third kappa shape index (κ3) is 6.10. The van der Waals surface area contributed by atoms with Gasteiger partial charge in [0.2, 0.25) is 5.91 Å². The number of rotatable bonds is 8. The number of benzene rings is 3. The van der Waals surface area contributed by atoms with Gasteiger partial charge >= 0.3 is 5.97 Å². The van der Waals surface area contributed by atoms with Crippen LogP contribution in [0, 0.1) is 0 Å². The number of hydrogen-bond donors (Lipinski definition) is 3. The summed E-state index contributed by atoms with van der Waals surface area (Å²) in [5, 5.41) is 14.8. The number of ether oxygens (including phenoxy) is 1. The van der Waals surface area contributed by atoms with Crippen LogP contribution in [0.4, 0.5) is 11.4 Å². The molecule has 0 aliphatic heterocycles. The van der Waals surface area contributed by atoms with Crippen molar-refractivity contribution in [2.75, 3.05) is 23.5 Å². The van der Waals surface area contributed by atoms with Gasteiger partial charge in [0, 0.05) is 16.3 Å². The predicted octanol–water partition coefficient (Wildman–Crippen LogP) is 4.38. The Hall–Kier alpha value is -3.78. The van der Waals surface area contributed by atoms with Gasteiger partial charge in [-0.25, -0.2) is 4.79 Å². The monoisotopic (exact) mass is 436 g/mol. The number of methoxy groups -OCH3 is 1. The van der Waals surface area contributed by atoms with Gasteiger partial charge < -0.3 is 20.5 Å². The minimum Gasteiger partial charge on any atom is -0.497 e. The molecule has 0 radical (unpaired) electrons. The Morgan fingerprint density at radius 3 is 2.26 bits per heavy atom. The van der Waals surface area contributed by atoms with Crippen molar-refractivity contribution in [2.45, 2.75) is 4.90 Å². The summed E-state index contributed by atoms with van der Waals surface area (Å²) in [7, 11) is 1.58. The van der Waals surface area contributed by atoms with Gasteiger partial charge in [-0.3, -0.25) is 9.59 Å². The molecule has 8 heteroatoms. The summed E-state index contributed by atoms with van der Waals surface area (Å²) >= 11 is 1.32. The Labute approximate surface area is 183 Å². The number of amides is 2. The molecule has 0 heterocycles. The van der Waals surface area contributed by atoms with E-state index in [4.69, 9.17) is 4.74 Å². The quantitative estimate of drug-likeness (QED) is 0.453. The molecule has 3 aromatic rings. The number of anilines is 2. The summed E-state index contributed by atoms with van der Waals surface area (Å²) in [5.41, 5.74) is 1.18. The first kappa shape index (κ1) is 21.9. The van der Waals surface area contributed by atoms with Gasteiger partial charge in [0.15, 0.2) is 0 Å². The number of nitrogens with one attached hydrogen (secondary N) is 2. The van der Waals surface area contributed by atoms with Crippen LogP contribution >= 0.6 is 11.8 Å². The van der Waals surface area contributed by atoms with Crippen LogP contribution in [-0.2, 0) is 4.79 Å². The van der Waals surface area contributed by atoms with Gasteiger partial charge in [-0.1, -0.05) is 18.2 Å². The molecule has 0 spiro atoms. The Morgan fingerprint density at radius 2 is 1.58 bits per heavy atom. The lowest BCUT2D eigenvalue weighted by molar-refractivity contribution is -0.113. The molecule has 0 aromatic heterocycles. The minimum atomic E-state index is -1.17. The van der Waals surface area contributed by atoms with Crippen molar-refractivity contribution >= 4 is 40.9 Å². The number of thioether (sulfide) groups is 1. The summed E-state index contributed by atoms with van der Waals surface area (Å²) in [4.78, 5) is 36.8. The fourth-order valence-electron chi connectivity index (χ4n) is 2.75. The van der Waals surface area contributed by atoms with Crippen LogP contribution in [0.3, 0.4) is 0 Å². The van der Waals surface area contributed by atoms with E-state index in [0.29, 0.717) is 17.1 Å². The first-order valence-electron chi connectivity index (χ1n) is 9.26. The van der Waals surface area contributed by atoms with Crippen LogP contribution in [0.15, 0.2) is 77.7 Å². The van der Waals surface area contributed by atoms with Gasteiger partial charge in [-0.05, 0) is 54.6 Å². The number of hydrogen-bond acceptors (Lipinski definition) is 5. The molecule has 3 N–H and O–H groups in total. The second-order valence-electron chi connectivity index (χ2n) is 6.40. The zero-order valence-corrected chi connectivity index (χ0v) is 17.4. The van der Waals surface area contributed by atoms with Gasteiger partial charge in [0.05, 0.1) is 24.0 Å². The van der Waals surface area contributed by atoms with Gasteiger partial charge in [-0.2, -0.15) is 0 Å². The van der Waals surface area contributed by atoms with E-state index in [1.807, 2.05) is 6.07 Å². The molecule has 0 saturated carbocycles. The fourth-order valence-corrected chi connectivity index (χ4v) is 3.51. The lowest BCUT2D eigenvalue weighted by Gasteiger charge is -2.09. The highest BCUT2D eigenvalue weighted by Gasteiger charge is 2.16. The number of carboxylic acid groups (broad SMARTS) is 1. The normalized spacial score (nSPS) is 10.2. The van der Waals surface area contributed by atoms with E-state index in [0.717, 1.165) is 4.90 Å². The van der Waals surface area contributed by atoms with Crippen molar-refractivity contribution in [1.29, 1.82) is 0 Å². The standard InChI is InChI=1S/C23H20N2O5S/c1-30-17-11-9-15(10-12-17)24-21(26)14-31-18-6-4-5-16(13-18)25-22(27)19-7-2-3-8-20(19)23(28)29/h2-13H,14H2,1H3,(H,24,26)(H,25,27)(H,28,29). The second-order valence-corrected chi connectivity index (χ2v) is 7.45. The van der Waals surface area contributed by atoms with E-state index < -0.39 is 11.9 Å². The van der Waals surface area contributed by atoms with Crippen molar-refractivity contribution in [3.05, 3.63) is 83.9 Å². The Bertz CT molecular complexity index is 1100. The Morgan fingerprint density at radius 1 is 0.871 bits per heavy atom. The van der Waals surface area contributed by atoms with Crippen molar-refractivity contribution < 1.29 is 24.2 Å². The lowest BCUT2D eigenvalue weighted by Crippen LogP contribution is -2.16. The third-order valence-corrected chi connectivity index (χ3v) is 5.23. The molecule has 0 fully saturated rings. The Kier molecular flexibility index (Phi) is 7.29. The molecule has 0 unspecified atom stereocenters. The largest absolute Gasteiger partial charge is 0.497 e. The molecule has 0 aliphatic rings. The molecule has 0 atom stereocenters. The molecule has 3 rings (SSSR count). The van der Waals surface area contributed by atoms with Crippen LogP contribution in [0.5, 0.6) is 5.75 Å². The Balaban J connectivity index is 1.59. The molecule has 0 aliphatic carbocycles. The van der Waals surface area contributed by atoms with E-state index in [9.17, 15) is 19.5 Å². The molecule has 0 saturated heterocycles. The van der Waals surface area contributed by atoms with Crippen LogP contribution < -0.4 is 15.4 Å². The minimum absolute atomic E-state index is 0.0688. The average Bonchev–Trinajstić information content (AvgIpc) is 2.78. The van der Waals surface area contributed by atoms with Crippen LogP contribution in [0.25, 0.3) is 0 Å². The summed E-state index contributed by atoms with van der Waals surface area (Å²) in [6, 6.07) is 20.0. The molecule has 7 nitrogen and oxygen atoms in total. The van der Waals surface area contributed by atoms with Crippen LogP contribution in [0.1, 0.15) is 20.7 Å². The lowest BCUT2D eigenvalue weighted by atomic mass is 10.1. The molecule has 2 amide bonds. The maximum atomic E-state index is 12.5.